The SMILES string of the molecule is CCc1cc(CC)n(CC(NC(=O)OC(C)(C)C)C(=O)O)n1. The van der Waals surface area contributed by atoms with Gasteiger partial charge in [0.15, 0.2) is 0 Å². The fourth-order valence-electron chi connectivity index (χ4n) is 1.94. The van der Waals surface area contributed by atoms with Gasteiger partial charge in [-0.05, 0) is 39.7 Å². The van der Waals surface area contributed by atoms with Crippen molar-refractivity contribution in [3.8, 4) is 0 Å². The number of hydrogen-bond acceptors (Lipinski definition) is 4. The van der Waals surface area contributed by atoms with E-state index in [0.717, 1.165) is 24.2 Å². The fraction of sp³-hybridized carbons (Fsp3) is 0.667. The highest BCUT2D eigenvalue weighted by Gasteiger charge is 2.25. The third-order valence-corrected chi connectivity index (χ3v) is 2.98. The molecule has 0 radical (unpaired) electrons. The van der Waals surface area contributed by atoms with Crippen molar-refractivity contribution < 1.29 is 19.4 Å². The van der Waals surface area contributed by atoms with Crippen molar-refractivity contribution in [1.82, 2.24) is 15.1 Å². The van der Waals surface area contributed by atoms with Crippen LogP contribution in [-0.2, 0) is 28.9 Å². The molecule has 1 aromatic rings. The molecule has 1 rings (SSSR count). The van der Waals surface area contributed by atoms with Gasteiger partial charge in [-0.1, -0.05) is 13.8 Å². The fourth-order valence-corrected chi connectivity index (χ4v) is 1.94. The lowest BCUT2D eigenvalue weighted by atomic mass is 10.2. The summed E-state index contributed by atoms with van der Waals surface area (Å²) >= 11 is 0. The quantitative estimate of drug-likeness (QED) is 0.838. The van der Waals surface area contributed by atoms with Crippen LogP contribution < -0.4 is 5.32 Å². The predicted octanol–water partition coefficient (Wildman–Crippen LogP) is 1.99. The molecule has 7 nitrogen and oxygen atoms in total. The lowest BCUT2D eigenvalue weighted by Crippen LogP contribution is -2.46. The Bertz CT molecular complexity index is 531. The van der Waals surface area contributed by atoms with Crippen LogP contribution in [0.1, 0.15) is 46.0 Å². The largest absolute Gasteiger partial charge is 0.480 e. The summed E-state index contributed by atoms with van der Waals surface area (Å²) in [7, 11) is 0. The number of ether oxygens (including phenoxy) is 1. The van der Waals surface area contributed by atoms with E-state index in [0.29, 0.717) is 0 Å². The number of alkyl carbamates (subject to hydrolysis) is 1. The first-order valence-corrected chi connectivity index (χ1v) is 7.44. The summed E-state index contributed by atoms with van der Waals surface area (Å²) in [4.78, 5) is 23.1. The normalized spacial score (nSPS) is 12.8. The first-order valence-electron chi connectivity index (χ1n) is 7.44. The summed E-state index contributed by atoms with van der Waals surface area (Å²) in [5, 5.41) is 16.0. The van der Waals surface area contributed by atoms with Crippen molar-refractivity contribution >= 4 is 12.1 Å². The van der Waals surface area contributed by atoms with E-state index in [1.165, 1.54) is 0 Å². The number of carboxylic acid groups (broad SMARTS) is 1. The van der Waals surface area contributed by atoms with Crippen LogP contribution >= 0.6 is 0 Å². The average molecular weight is 311 g/mol. The van der Waals surface area contributed by atoms with Gasteiger partial charge in [-0.25, -0.2) is 9.59 Å². The molecular weight excluding hydrogens is 286 g/mol. The van der Waals surface area contributed by atoms with E-state index < -0.39 is 23.7 Å². The predicted molar refractivity (Wildman–Crippen MR) is 81.8 cm³/mol. The molecule has 0 bridgehead atoms. The second-order valence-corrected chi connectivity index (χ2v) is 6.05. The van der Waals surface area contributed by atoms with E-state index in [9.17, 15) is 14.7 Å². The van der Waals surface area contributed by atoms with Gasteiger partial charge in [0.05, 0.1) is 12.2 Å². The Labute approximate surface area is 130 Å². The molecule has 2 N–H and O–H groups in total. The third-order valence-electron chi connectivity index (χ3n) is 2.98. The molecule has 1 atom stereocenters. The molecule has 22 heavy (non-hydrogen) atoms. The lowest BCUT2D eigenvalue weighted by molar-refractivity contribution is -0.139. The van der Waals surface area contributed by atoms with E-state index >= 15 is 0 Å². The van der Waals surface area contributed by atoms with Crippen molar-refractivity contribution in [2.24, 2.45) is 0 Å². The summed E-state index contributed by atoms with van der Waals surface area (Å²) in [6, 6.07) is 0.858. The number of rotatable bonds is 6. The van der Waals surface area contributed by atoms with Crippen LogP contribution in [0.15, 0.2) is 6.07 Å². The van der Waals surface area contributed by atoms with E-state index in [1.54, 1.807) is 25.5 Å². The highest BCUT2D eigenvalue weighted by atomic mass is 16.6. The van der Waals surface area contributed by atoms with Crippen molar-refractivity contribution in [1.29, 1.82) is 0 Å². The topological polar surface area (TPSA) is 93.5 Å². The van der Waals surface area contributed by atoms with Crippen molar-refractivity contribution in [3.05, 3.63) is 17.5 Å². The first kappa shape index (κ1) is 18.0. The molecule has 0 aliphatic heterocycles. The maximum Gasteiger partial charge on any atom is 0.408 e. The van der Waals surface area contributed by atoms with Crippen LogP contribution in [-0.4, -0.2) is 38.6 Å². The van der Waals surface area contributed by atoms with Crippen LogP contribution in [0.2, 0.25) is 0 Å². The van der Waals surface area contributed by atoms with E-state index in [4.69, 9.17) is 4.74 Å². The third kappa shape index (κ3) is 5.38. The van der Waals surface area contributed by atoms with Gasteiger partial charge in [0.25, 0.3) is 0 Å². The molecule has 1 heterocycles. The number of carbonyl (C=O) groups is 2. The van der Waals surface area contributed by atoms with E-state index in [-0.39, 0.29) is 6.54 Å². The van der Waals surface area contributed by atoms with Gasteiger partial charge in [-0.2, -0.15) is 5.10 Å². The Balaban J connectivity index is 2.83. The van der Waals surface area contributed by atoms with E-state index in [2.05, 4.69) is 10.4 Å². The minimum absolute atomic E-state index is 0.0672. The van der Waals surface area contributed by atoms with Crippen LogP contribution in [0.3, 0.4) is 0 Å². The number of nitrogens with zero attached hydrogens (tertiary/aromatic N) is 2. The maximum atomic E-state index is 11.8. The number of carbonyl (C=O) groups excluding carboxylic acids is 1. The molecule has 0 saturated carbocycles. The van der Waals surface area contributed by atoms with Gasteiger partial charge in [0.2, 0.25) is 0 Å². The van der Waals surface area contributed by atoms with Gasteiger partial charge in [0, 0.05) is 5.69 Å². The smallest absolute Gasteiger partial charge is 0.408 e. The van der Waals surface area contributed by atoms with Gasteiger partial charge < -0.3 is 15.2 Å². The van der Waals surface area contributed by atoms with Crippen LogP contribution in [0.25, 0.3) is 0 Å². The zero-order chi connectivity index (χ0) is 16.9. The molecule has 0 aromatic carbocycles. The summed E-state index contributed by atoms with van der Waals surface area (Å²) in [6.45, 7) is 9.19. The molecule has 124 valence electrons. The molecule has 0 saturated heterocycles. The Morgan fingerprint density at radius 1 is 1.36 bits per heavy atom. The summed E-state index contributed by atoms with van der Waals surface area (Å²) in [5.74, 6) is -1.12. The molecular formula is C15H25N3O4. The number of nitrogens with one attached hydrogen (secondary N) is 1. The highest BCUT2D eigenvalue weighted by molar-refractivity contribution is 5.79. The lowest BCUT2D eigenvalue weighted by Gasteiger charge is -2.22. The van der Waals surface area contributed by atoms with Crippen LogP contribution in [0.5, 0.6) is 0 Å². The zero-order valence-corrected chi connectivity index (χ0v) is 13.8. The standard InChI is InChI=1S/C15H25N3O4/c1-6-10-8-11(7-2)18(17-10)9-12(13(19)20)16-14(21)22-15(3,4)5/h8,12H,6-7,9H2,1-5H3,(H,16,21)(H,19,20). The molecule has 0 aliphatic carbocycles. The summed E-state index contributed by atoms with van der Waals surface area (Å²) in [5.41, 5.74) is 1.16. The average Bonchev–Trinajstić information content (AvgIpc) is 2.78. The molecule has 7 heteroatoms. The van der Waals surface area contributed by atoms with Crippen molar-refractivity contribution in [3.63, 3.8) is 0 Å². The minimum atomic E-state index is -1.12. The first-order chi connectivity index (χ1) is 10.2. The second kappa shape index (κ2) is 7.29. The van der Waals surface area contributed by atoms with Crippen molar-refractivity contribution in [2.75, 3.05) is 0 Å². The number of hydrogen-bond donors (Lipinski definition) is 2. The molecule has 0 aliphatic rings. The minimum Gasteiger partial charge on any atom is -0.480 e. The molecule has 1 aromatic heterocycles. The Morgan fingerprint density at radius 3 is 2.45 bits per heavy atom. The van der Waals surface area contributed by atoms with Gasteiger partial charge in [0.1, 0.15) is 11.6 Å². The zero-order valence-electron chi connectivity index (χ0n) is 13.8. The summed E-state index contributed by atoms with van der Waals surface area (Å²) < 4.78 is 6.73. The number of aliphatic carboxylic acids is 1. The molecule has 1 unspecified atom stereocenters. The Hall–Kier alpha value is -2.05. The van der Waals surface area contributed by atoms with Gasteiger partial charge in [-0.15, -0.1) is 0 Å². The molecule has 1 amide bonds. The number of amides is 1. The Kier molecular flexibility index (Phi) is 5.96. The molecule has 0 spiro atoms. The maximum absolute atomic E-state index is 11.8. The van der Waals surface area contributed by atoms with E-state index in [1.807, 2.05) is 19.9 Å². The molecule has 0 fully saturated rings. The van der Waals surface area contributed by atoms with Gasteiger partial charge >= 0.3 is 12.1 Å². The monoisotopic (exact) mass is 311 g/mol. The van der Waals surface area contributed by atoms with Crippen LogP contribution in [0.4, 0.5) is 4.79 Å². The number of aryl methyl sites for hydroxylation is 2. The second-order valence-electron chi connectivity index (χ2n) is 6.05. The highest BCUT2D eigenvalue weighted by Crippen LogP contribution is 2.09. The van der Waals surface area contributed by atoms with Crippen LogP contribution in [0, 0.1) is 0 Å². The Morgan fingerprint density at radius 2 is 2.00 bits per heavy atom. The van der Waals surface area contributed by atoms with Crippen molar-refractivity contribution in [2.45, 2.75) is 65.6 Å². The summed E-state index contributed by atoms with van der Waals surface area (Å²) in [6.07, 6.45) is 0.768. The number of carboxylic acids is 1. The number of aromatic nitrogens is 2. The van der Waals surface area contributed by atoms with Gasteiger partial charge in [-0.3, -0.25) is 4.68 Å².